The summed E-state index contributed by atoms with van der Waals surface area (Å²) in [6, 6.07) is 24.6. The van der Waals surface area contributed by atoms with Crippen LogP contribution in [0, 0.1) is 10.1 Å². The molecule has 0 saturated heterocycles. The predicted molar refractivity (Wildman–Crippen MR) is 122 cm³/mol. The van der Waals surface area contributed by atoms with Gasteiger partial charge in [-0.05, 0) is 51.9 Å². The van der Waals surface area contributed by atoms with Gasteiger partial charge in [-0.1, -0.05) is 48.5 Å². The second kappa shape index (κ2) is 7.70. The van der Waals surface area contributed by atoms with E-state index in [-0.39, 0.29) is 17.1 Å². The molecule has 162 valence electrons. The summed E-state index contributed by atoms with van der Waals surface area (Å²) < 4.78 is 41.0. The minimum atomic E-state index is -4.57. The number of hydrogen-bond acceptors (Lipinski definition) is 3. The van der Waals surface area contributed by atoms with Gasteiger partial charge in [0, 0.05) is 23.3 Å². The predicted octanol–water partition coefficient (Wildman–Crippen LogP) is 7.65. The molecule has 4 aromatic carbocycles. The van der Waals surface area contributed by atoms with Crippen molar-refractivity contribution in [2.24, 2.45) is 0 Å². The molecule has 4 nitrogen and oxygen atoms in total. The standard InChI is InChI=1S/C26H15F3N2O2/c27-26(28,29)20-14-24(17-7-10-21(11-8-17)31(32)33)30-25(15-20)19-9-12-23-18(13-19)6-5-16-3-1-2-4-22(16)23/h1-15H. The van der Waals surface area contributed by atoms with Crippen molar-refractivity contribution in [3.8, 4) is 22.5 Å². The summed E-state index contributed by atoms with van der Waals surface area (Å²) in [7, 11) is 0. The Balaban J connectivity index is 1.66. The van der Waals surface area contributed by atoms with Crippen molar-refractivity contribution < 1.29 is 18.1 Å². The molecule has 0 radical (unpaired) electrons. The second-order valence-corrected chi connectivity index (χ2v) is 7.65. The molecule has 33 heavy (non-hydrogen) atoms. The maximum atomic E-state index is 13.7. The lowest BCUT2D eigenvalue weighted by molar-refractivity contribution is -0.384. The third-order valence-corrected chi connectivity index (χ3v) is 5.57. The number of halogens is 3. The van der Waals surface area contributed by atoms with E-state index < -0.39 is 16.7 Å². The zero-order valence-corrected chi connectivity index (χ0v) is 17.0. The Morgan fingerprint density at radius 3 is 2.00 bits per heavy atom. The highest BCUT2D eigenvalue weighted by Gasteiger charge is 2.32. The summed E-state index contributed by atoms with van der Waals surface area (Å²) in [5.41, 5.74) is 0.195. The van der Waals surface area contributed by atoms with Crippen molar-refractivity contribution in [2.75, 3.05) is 0 Å². The molecule has 0 aliphatic heterocycles. The lowest BCUT2D eigenvalue weighted by atomic mass is 9.98. The van der Waals surface area contributed by atoms with E-state index in [1.165, 1.54) is 24.3 Å². The van der Waals surface area contributed by atoms with E-state index in [1.54, 1.807) is 6.07 Å². The van der Waals surface area contributed by atoms with E-state index in [0.29, 0.717) is 11.1 Å². The Hall–Kier alpha value is -4.26. The van der Waals surface area contributed by atoms with Crippen molar-refractivity contribution in [3.63, 3.8) is 0 Å². The quantitative estimate of drug-likeness (QED) is 0.163. The average Bonchev–Trinajstić information content (AvgIpc) is 2.83. The van der Waals surface area contributed by atoms with Gasteiger partial charge in [-0.25, -0.2) is 4.98 Å². The van der Waals surface area contributed by atoms with Gasteiger partial charge >= 0.3 is 6.18 Å². The van der Waals surface area contributed by atoms with Crippen molar-refractivity contribution in [2.45, 2.75) is 6.18 Å². The monoisotopic (exact) mass is 444 g/mol. The molecule has 0 aliphatic carbocycles. The van der Waals surface area contributed by atoms with Gasteiger partial charge in [-0.15, -0.1) is 0 Å². The third kappa shape index (κ3) is 3.89. The Bertz CT molecular complexity index is 1530. The number of benzene rings is 4. The molecule has 0 amide bonds. The smallest absolute Gasteiger partial charge is 0.258 e. The zero-order valence-electron chi connectivity index (χ0n) is 17.0. The number of rotatable bonds is 3. The Morgan fingerprint density at radius 2 is 1.30 bits per heavy atom. The number of aromatic nitrogens is 1. The molecule has 0 saturated carbocycles. The van der Waals surface area contributed by atoms with Gasteiger partial charge in [0.15, 0.2) is 0 Å². The molecule has 0 unspecified atom stereocenters. The molecule has 0 spiro atoms. The van der Waals surface area contributed by atoms with E-state index in [4.69, 9.17) is 0 Å². The highest BCUT2D eigenvalue weighted by atomic mass is 19.4. The minimum Gasteiger partial charge on any atom is -0.258 e. The number of non-ortho nitro benzene ring substituents is 1. The summed E-state index contributed by atoms with van der Waals surface area (Å²) >= 11 is 0. The van der Waals surface area contributed by atoms with Crippen molar-refractivity contribution in [3.05, 3.63) is 107 Å². The molecule has 5 rings (SSSR count). The maximum absolute atomic E-state index is 13.7. The number of nitro benzene ring substituents is 1. The largest absolute Gasteiger partial charge is 0.416 e. The number of fused-ring (bicyclic) bond motifs is 3. The van der Waals surface area contributed by atoms with Crippen LogP contribution >= 0.6 is 0 Å². The number of pyridine rings is 1. The lowest BCUT2D eigenvalue weighted by Crippen LogP contribution is -2.06. The molecule has 5 aromatic rings. The summed E-state index contributed by atoms with van der Waals surface area (Å²) in [5.74, 6) is 0. The van der Waals surface area contributed by atoms with Gasteiger partial charge < -0.3 is 0 Å². The normalized spacial score (nSPS) is 11.7. The molecule has 7 heteroatoms. The fraction of sp³-hybridized carbons (Fsp3) is 0.0385. The van der Waals surface area contributed by atoms with Crippen LogP contribution < -0.4 is 0 Å². The molecule has 0 N–H and O–H groups in total. The van der Waals surface area contributed by atoms with Gasteiger partial charge in [0.05, 0.1) is 21.9 Å². The number of hydrogen-bond donors (Lipinski definition) is 0. The zero-order chi connectivity index (χ0) is 23.2. The summed E-state index contributed by atoms with van der Waals surface area (Å²) in [5, 5.41) is 14.9. The van der Waals surface area contributed by atoms with Crippen LogP contribution in [0.4, 0.5) is 18.9 Å². The third-order valence-electron chi connectivity index (χ3n) is 5.57. The molecule has 0 bridgehead atoms. The molecular formula is C26H15F3N2O2. The first kappa shape index (κ1) is 20.6. The SMILES string of the molecule is O=[N+]([O-])c1ccc(-c2cc(C(F)(F)F)cc(-c3ccc4c(ccc5ccccc54)c3)n2)cc1. The van der Waals surface area contributed by atoms with Crippen molar-refractivity contribution >= 4 is 27.2 Å². The van der Waals surface area contributed by atoms with Crippen LogP contribution in [0.2, 0.25) is 0 Å². The van der Waals surface area contributed by atoms with E-state index in [1.807, 2.05) is 48.5 Å². The number of nitrogens with zero attached hydrogens (tertiary/aromatic N) is 2. The maximum Gasteiger partial charge on any atom is 0.416 e. The highest BCUT2D eigenvalue weighted by Crippen LogP contribution is 2.36. The van der Waals surface area contributed by atoms with E-state index in [0.717, 1.165) is 33.7 Å². The molecule has 1 heterocycles. The summed E-state index contributed by atoms with van der Waals surface area (Å²) in [6.45, 7) is 0. The van der Waals surface area contributed by atoms with E-state index in [9.17, 15) is 23.3 Å². The summed E-state index contributed by atoms with van der Waals surface area (Å²) in [6.07, 6.45) is -4.57. The Kier molecular flexibility index (Phi) is 4.82. The first-order chi connectivity index (χ1) is 15.8. The van der Waals surface area contributed by atoms with Crippen LogP contribution in [0.25, 0.3) is 44.1 Å². The molecular weight excluding hydrogens is 429 g/mol. The fourth-order valence-corrected chi connectivity index (χ4v) is 3.92. The van der Waals surface area contributed by atoms with Gasteiger partial charge in [0.25, 0.3) is 5.69 Å². The van der Waals surface area contributed by atoms with Crippen LogP contribution in [0.1, 0.15) is 5.56 Å². The molecule has 0 fully saturated rings. The van der Waals surface area contributed by atoms with Gasteiger partial charge in [-0.2, -0.15) is 13.2 Å². The van der Waals surface area contributed by atoms with E-state index in [2.05, 4.69) is 4.98 Å². The average molecular weight is 444 g/mol. The van der Waals surface area contributed by atoms with E-state index >= 15 is 0 Å². The lowest BCUT2D eigenvalue weighted by Gasteiger charge is -2.13. The Labute approximate surface area is 186 Å². The topological polar surface area (TPSA) is 56.0 Å². The number of nitro groups is 1. The van der Waals surface area contributed by atoms with Crippen molar-refractivity contribution in [1.29, 1.82) is 0 Å². The molecule has 0 aliphatic rings. The first-order valence-corrected chi connectivity index (χ1v) is 10.1. The second-order valence-electron chi connectivity index (χ2n) is 7.65. The van der Waals surface area contributed by atoms with Crippen LogP contribution in [0.15, 0.2) is 91.0 Å². The van der Waals surface area contributed by atoms with Crippen LogP contribution in [0.5, 0.6) is 0 Å². The van der Waals surface area contributed by atoms with Gasteiger partial charge in [0.1, 0.15) is 0 Å². The van der Waals surface area contributed by atoms with Crippen LogP contribution in [0.3, 0.4) is 0 Å². The molecule has 1 aromatic heterocycles. The van der Waals surface area contributed by atoms with Gasteiger partial charge in [0.2, 0.25) is 0 Å². The fourth-order valence-electron chi connectivity index (χ4n) is 3.92. The molecule has 0 atom stereocenters. The van der Waals surface area contributed by atoms with Crippen LogP contribution in [-0.2, 0) is 6.18 Å². The summed E-state index contributed by atoms with van der Waals surface area (Å²) in [4.78, 5) is 14.8. The van der Waals surface area contributed by atoms with Gasteiger partial charge in [-0.3, -0.25) is 10.1 Å². The number of alkyl halides is 3. The van der Waals surface area contributed by atoms with Crippen molar-refractivity contribution in [1.82, 2.24) is 4.98 Å². The first-order valence-electron chi connectivity index (χ1n) is 10.1. The highest BCUT2D eigenvalue weighted by molar-refractivity contribution is 6.08. The minimum absolute atomic E-state index is 0.0910. The Morgan fingerprint density at radius 1 is 0.697 bits per heavy atom. The van der Waals surface area contributed by atoms with Crippen LogP contribution in [-0.4, -0.2) is 9.91 Å².